The van der Waals surface area contributed by atoms with E-state index in [9.17, 15) is 0 Å². The minimum Gasteiger partial charge on any atom is -0.0991 e. The second kappa shape index (κ2) is 9.05. The van der Waals surface area contributed by atoms with Gasteiger partial charge in [-0.3, -0.25) is 0 Å². The standard InChI is InChI=1S/C13H20/c1-4-7-9-12-13(10-6-3)11-8-5-2/h4,6-7,9-10,12H,1,5,8,11H2,2-3H3/b9-7+,10-6-,13-12+. The van der Waals surface area contributed by atoms with Crippen LogP contribution in [0, 0.1) is 0 Å². The van der Waals surface area contributed by atoms with Crippen LogP contribution in [0.4, 0.5) is 0 Å². The molecule has 0 spiro atoms. The molecule has 0 aliphatic carbocycles. The van der Waals surface area contributed by atoms with Gasteiger partial charge in [0.1, 0.15) is 0 Å². The maximum absolute atomic E-state index is 3.63. The van der Waals surface area contributed by atoms with Gasteiger partial charge in [-0.05, 0) is 25.3 Å². The van der Waals surface area contributed by atoms with Crippen LogP contribution < -0.4 is 0 Å². The van der Waals surface area contributed by atoms with E-state index in [4.69, 9.17) is 0 Å². The van der Waals surface area contributed by atoms with Gasteiger partial charge in [0, 0.05) is 0 Å². The Hall–Kier alpha value is -1.04. The summed E-state index contributed by atoms with van der Waals surface area (Å²) in [4.78, 5) is 0. The van der Waals surface area contributed by atoms with Crippen LogP contribution in [-0.2, 0) is 0 Å². The average Bonchev–Trinajstić information content (AvgIpc) is 2.14. The van der Waals surface area contributed by atoms with E-state index in [1.165, 1.54) is 24.8 Å². The molecular weight excluding hydrogens is 156 g/mol. The van der Waals surface area contributed by atoms with Crippen LogP contribution in [0.15, 0.2) is 48.6 Å². The lowest BCUT2D eigenvalue weighted by atomic mass is 10.1. The van der Waals surface area contributed by atoms with E-state index in [2.05, 4.69) is 38.7 Å². The molecule has 0 heterocycles. The highest BCUT2D eigenvalue weighted by atomic mass is 13.9. The number of hydrogen-bond acceptors (Lipinski definition) is 0. The van der Waals surface area contributed by atoms with Crippen molar-refractivity contribution in [3.63, 3.8) is 0 Å². The first-order valence-corrected chi connectivity index (χ1v) is 4.96. The van der Waals surface area contributed by atoms with Crippen LogP contribution in [0.1, 0.15) is 33.1 Å². The predicted octanol–water partition coefficient (Wildman–Crippen LogP) is 4.42. The topological polar surface area (TPSA) is 0 Å². The first-order chi connectivity index (χ1) is 6.35. The molecule has 0 heteroatoms. The van der Waals surface area contributed by atoms with E-state index in [1.54, 1.807) is 6.08 Å². The van der Waals surface area contributed by atoms with Crippen molar-refractivity contribution in [3.05, 3.63) is 48.6 Å². The molecule has 0 fully saturated rings. The summed E-state index contributed by atoms with van der Waals surface area (Å²) in [6.07, 6.45) is 15.9. The molecule has 0 rings (SSSR count). The Labute approximate surface area is 82.4 Å². The molecule has 0 unspecified atom stereocenters. The van der Waals surface area contributed by atoms with Gasteiger partial charge in [-0.15, -0.1) is 0 Å². The van der Waals surface area contributed by atoms with Crippen molar-refractivity contribution in [2.24, 2.45) is 0 Å². The Bertz CT molecular complexity index is 204. The van der Waals surface area contributed by atoms with E-state index >= 15 is 0 Å². The van der Waals surface area contributed by atoms with Crippen molar-refractivity contribution in [2.45, 2.75) is 33.1 Å². The maximum atomic E-state index is 3.63. The molecule has 0 atom stereocenters. The molecule has 0 aliphatic rings. The predicted molar refractivity (Wildman–Crippen MR) is 61.8 cm³/mol. The molecule has 0 aromatic rings. The fraction of sp³-hybridized carbons (Fsp3) is 0.385. The fourth-order valence-electron chi connectivity index (χ4n) is 1.07. The first-order valence-electron chi connectivity index (χ1n) is 4.96. The summed E-state index contributed by atoms with van der Waals surface area (Å²) in [6.45, 7) is 7.90. The molecule has 0 radical (unpaired) electrons. The Morgan fingerprint density at radius 1 is 1.31 bits per heavy atom. The van der Waals surface area contributed by atoms with E-state index < -0.39 is 0 Å². The van der Waals surface area contributed by atoms with E-state index in [-0.39, 0.29) is 0 Å². The second-order valence-corrected chi connectivity index (χ2v) is 2.97. The third kappa shape index (κ3) is 7.32. The molecule has 72 valence electrons. The van der Waals surface area contributed by atoms with Crippen LogP contribution >= 0.6 is 0 Å². The first kappa shape index (κ1) is 12.0. The Morgan fingerprint density at radius 2 is 2.08 bits per heavy atom. The van der Waals surface area contributed by atoms with Crippen molar-refractivity contribution in [1.82, 2.24) is 0 Å². The number of rotatable bonds is 6. The van der Waals surface area contributed by atoms with Crippen LogP contribution in [-0.4, -0.2) is 0 Å². The molecule has 0 aromatic carbocycles. The molecule has 0 aliphatic heterocycles. The normalized spacial score (nSPS) is 12.9. The lowest BCUT2D eigenvalue weighted by Gasteiger charge is -1.98. The molecular formula is C13H20. The van der Waals surface area contributed by atoms with Gasteiger partial charge in [-0.25, -0.2) is 0 Å². The smallest absolute Gasteiger partial charge is 0.0279 e. The zero-order valence-electron chi connectivity index (χ0n) is 8.79. The SMILES string of the molecule is C=C/C=C/C=C(\C=C/C)CCCC. The monoisotopic (exact) mass is 176 g/mol. The van der Waals surface area contributed by atoms with Crippen molar-refractivity contribution >= 4 is 0 Å². The van der Waals surface area contributed by atoms with Gasteiger partial charge in [0.15, 0.2) is 0 Å². The van der Waals surface area contributed by atoms with Gasteiger partial charge in [-0.2, -0.15) is 0 Å². The van der Waals surface area contributed by atoms with Gasteiger partial charge in [-0.1, -0.05) is 56.4 Å². The largest absolute Gasteiger partial charge is 0.0991 e. The summed E-state index contributed by atoms with van der Waals surface area (Å²) in [6, 6.07) is 0. The van der Waals surface area contributed by atoms with Crippen molar-refractivity contribution in [3.8, 4) is 0 Å². The summed E-state index contributed by atoms with van der Waals surface area (Å²) in [5.74, 6) is 0. The van der Waals surface area contributed by atoms with E-state index in [0.29, 0.717) is 0 Å². The summed E-state index contributed by atoms with van der Waals surface area (Å²) in [7, 11) is 0. The third-order valence-corrected chi connectivity index (χ3v) is 1.76. The summed E-state index contributed by atoms with van der Waals surface area (Å²) >= 11 is 0. The molecule has 0 amide bonds. The van der Waals surface area contributed by atoms with Crippen molar-refractivity contribution in [1.29, 1.82) is 0 Å². The van der Waals surface area contributed by atoms with Gasteiger partial charge in [0.05, 0.1) is 0 Å². The molecule has 0 aromatic heterocycles. The van der Waals surface area contributed by atoms with Crippen LogP contribution in [0.25, 0.3) is 0 Å². The Morgan fingerprint density at radius 3 is 2.62 bits per heavy atom. The highest BCUT2D eigenvalue weighted by Gasteiger charge is 1.88. The average molecular weight is 176 g/mol. The second-order valence-electron chi connectivity index (χ2n) is 2.97. The molecule has 13 heavy (non-hydrogen) atoms. The number of unbranched alkanes of at least 4 members (excludes halogenated alkanes) is 1. The van der Waals surface area contributed by atoms with Gasteiger partial charge in [0.2, 0.25) is 0 Å². The third-order valence-electron chi connectivity index (χ3n) is 1.76. The molecule has 0 saturated carbocycles. The summed E-state index contributed by atoms with van der Waals surface area (Å²) < 4.78 is 0. The Kier molecular flexibility index (Phi) is 8.33. The lowest BCUT2D eigenvalue weighted by Crippen LogP contribution is -1.78. The quantitative estimate of drug-likeness (QED) is 0.525. The minimum atomic E-state index is 1.17. The van der Waals surface area contributed by atoms with Crippen LogP contribution in [0.3, 0.4) is 0 Å². The minimum absolute atomic E-state index is 1.17. The molecule has 0 N–H and O–H groups in total. The van der Waals surface area contributed by atoms with Crippen molar-refractivity contribution < 1.29 is 0 Å². The molecule has 0 bridgehead atoms. The van der Waals surface area contributed by atoms with E-state index in [1.807, 2.05) is 12.2 Å². The summed E-state index contributed by atoms with van der Waals surface area (Å²) in [5, 5.41) is 0. The molecule has 0 saturated heterocycles. The van der Waals surface area contributed by atoms with Crippen molar-refractivity contribution in [2.75, 3.05) is 0 Å². The number of allylic oxidation sites excluding steroid dienone is 7. The van der Waals surface area contributed by atoms with Crippen LogP contribution in [0.5, 0.6) is 0 Å². The van der Waals surface area contributed by atoms with Gasteiger partial charge in [0.25, 0.3) is 0 Å². The maximum Gasteiger partial charge on any atom is -0.0279 e. The fourth-order valence-corrected chi connectivity index (χ4v) is 1.07. The Balaban J connectivity index is 4.13. The number of hydrogen-bond donors (Lipinski definition) is 0. The van der Waals surface area contributed by atoms with Crippen LogP contribution in [0.2, 0.25) is 0 Å². The van der Waals surface area contributed by atoms with Gasteiger partial charge >= 0.3 is 0 Å². The lowest BCUT2D eigenvalue weighted by molar-refractivity contribution is 0.798. The zero-order chi connectivity index (χ0) is 9.94. The highest BCUT2D eigenvalue weighted by Crippen LogP contribution is 2.08. The molecule has 0 nitrogen and oxygen atoms in total. The van der Waals surface area contributed by atoms with Gasteiger partial charge < -0.3 is 0 Å². The highest BCUT2D eigenvalue weighted by molar-refractivity contribution is 5.24. The zero-order valence-corrected chi connectivity index (χ0v) is 8.79. The summed E-state index contributed by atoms with van der Waals surface area (Å²) in [5.41, 5.74) is 1.39. The van der Waals surface area contributed by atoms with E-state index in [0.717, 1.165) is 0 Å².